The monoisotopic (exact) mass is 237 g/mol. The largest absolute Gasteiger partial charge is 0.393 e. The lowest BCUT2D eigenvalue weighted by molar-refractivity contribution is -0.384. The molecule has 6 nitrogen and oxygen atoms in total. The highest BCUT2D eigenvalue weighted by Crippen LogP contribution is 2.25. The van der Waals surface area contributed by atoms with Gasteiger partial charge in [0.1, 0.15) is 5.82 Å². The zero-order chi connectivity index (χ0) is 12.3. The molecule has 0 bridgehead atoms. The summed E-state index contributed by atoms with van der Waals surface area (Å²) in [6.07, 6.45) is 4.01. The van der Waals surface area contributed by atoms with Gasteiger partial charge in [0.25, 0.3) is 5.69 Å². The van der Waals surface area contributed by atoms with Gasteiger partial charge in [0.05, 0.1) is 17.1 Å². The van der Waals surface area contributed by atoms with E-state index in [2.05, 4.69) is 10.3 Å². The molecule has 0 radical (unpaired) electrons. The fourth-order valence-corrected chi connectivity index (χ4v) is 2.12. The molecule has 1 heterocycles. The average Bonchev–Trinajstić information content (AvgIpc) is 2.72. The molecule has 1 saturated carbocycles. The smallest absolute Gasteiger partial charge is 0.274 e. The molecule has 0 amide bonds. The summed E-state index contributed by atoms with van der Waals surface area (Å²) in [7, 11) is 0. The van der Waals surface area contributed by atoms with E-state index in [9.17, 15) is 15.2 Å². The first-order chi connectivity index (χ1) is 8.16. The molecule has 2 atom stereocenters. The third-order valence-corrected chi connectivity index (χ3v) is 3.12. The molecule has 1 aliphatic carbocycles. The van der Waals surface area contributed by atoms with Crippen LogP contribution in [0.2, 0.25) is 0 Å². The van der Waals surface area contributed by atoms with Gasteiger partial charge in [-0.15, -0.1) is 0 Å². The number of nitrogens with zero attached hydrogens (tertiary/aromatic N) is 2. The van der Waals surface area contributed by atoms with Crippen LogP contribution in [0.25, 0.3) is 0 Å². The van der Waals surface area contributed by atoms with Gasteiger partial charge in [0.15, 0.2) is 0 Å². The van der Waals surface area contributed by atoms with Crippen LogP contribution < -0.4 is 5.32 Å². The van der Waals surface area contributed by atoms with Crippen molar-refractivity contribution in [1.29, 1.82) is 0 Å². The van der Waals surface area contributed by atoms with E-state index >= 15 is 0 Å². The maximum Gasteiger partial charge on any atom is 0.274 e. The Bertz CT molecular complexity index is 411. The number of nitrogens with one attached hydrogen (secondary N) is 1. The van der Waals surface area contributed by atoms with E-state index < -0.39 is 4.92 Å². The Morgan fingerprint density at radius 3 is 3.06 bits per heavy atom. The average molecular weight is 237 g/mol. The molecule has 1 aromatic heterocycles. The van der Waals surface area contributed by atoms with Crippen LogP contribution in [0.5, 0.6) is 0 Å². The molecular formula is C11H15N3O3. The number of hydrogen-bond donors (Lipinski definition) is 2. The summed E-state index contributed by atoms with van der Waals surface area (Å²) >= 11 is 0. The first kappa shape index (κ1) is 11.8. The van der Waals surface area contributed by atoms with Gasteiger partial charge in [-0.1, -0.05) is 6.42 Å². The standard InChI is InChI=1S/C11H15N3O3/c15-10-3-1-2-8(10)7-13-11-6-9(14(16)17)4-5-12-11/h4-6,8,10,15H,1-3,7H2,(H,12,13). The number of aliphatic hydroxyl groups is 1. The summed E-state index contributed by atoms with van der Waals surface area (Å²) in [5.74, 6) is 0.703. The highest BCUT2D eigenvalue weighted by atomic mass is 16.6. The van der Waals surface area contributed by atoms with E-state index in [1.807, 2.05) is 0 Å². The van der Waals surface area contributed by atoms with Gasteiger partial charge in [-0.2, -0.15) is 0 Å². The number of hydrogen-bond acceptors (Lipinski definition) is 5. The van der Waals surface area contributed by atoms with Crippen LogP contribution >= 0.6 is 0 Å². The Balaban J connectivity index is 1.94. The second kappa shape index (κ2) is 5.09. The molecule has 1 aliphatic rings. The summed E-state index contributed by atoms with van der Waals surface area (Å²) in [5, 5.41) is 23.3. The summed E-state index contributed by atoms with van der Waals surface area (Å²) in [4.78, 5) is 14.1. The molecule has 2 rings (SSSR count). The van der Waals surface area contributed by atoms with Crippen LogP contribution in [0.15, 0.2) is 18.3 Å². The Morgan fingerprint density at radius 1 is 1.59 bits per heavy atom. The van der Waals surface area contributed by atoms with Crippen molar-refractivity contribution >= 4 is 11.5 Å². The molecule has 2 N–H and O–H groups in total. The first-order valence-corrected chi connectivity index (χ1v) is 5.69. The van der Waals surface area contributed by atoms with Gasteiger partial charge in [-0.05, 0) is 12.8 Å². The number of nitro groups is 1. The molecule has 6 heteroatoms. The van der Waals surface area contributed by atoms with Gasteiger partial charge in [-0.3, -0.25) is 10.1 Å². The Kier molecular flexibility index (Phi) is 3.53. The lowest BCUT2D eigenvalue weighted by Crippen LogP contribution is -2.22. The van der Waals surface area contributed by atoms with Crippen molar-refractivity contribution < 1.29 is 10.0 Å². The normalized spacial score (nSPS) is 23.6. The van der Waals surface area contributed by atoms with Crippen LogP contribution in [0.4, 0.5) is 11.5 Å². The molecule has 0 aliphatic heterocycles. The molecular weight excluding hydrogens is 222 g/mol. The quantitative estimate of drug-likeness (QED) is 0.612. The minimum absolute atomic E-state index is 0.0227. The molecule has 2 unspecified atom stereocenters. The summed E-state index contributed by atoms with van der Waals surface area (Å²) in [5.41, 5.74) is 0.0227. The van der Waals surface area contributed by atoms with Crippen molar-refractivity contribution in [1.82, 2.24) is 4.98 Å². The van der Waals surface area contributed by atoms with E-state index in [1.165, 1.54) is 18.3 Å². The lowest BCUT2D eigenvalue weighted by Gasteiger charge is -2.15. The van der Waals surface area contributed by atoms with Crippen molar-refractivity contribution in [2.45, 2.75) is 25.4 Å². The minimum Gasteiger partial charge on any atom is -0.393 e. The zero-order valence-corrected chi connectivity index (χ0v) is 9.37. The van der Waals surface area contributed by atoms with Crippen molar-refractivity contribution in [3.63, 3.8) is 0 Å². The third-order valence-electron chi connectivity index (χ3n) is 3.12. The topological polar surface area (TPSA) is 88.3 Å². The molecule has 17 heavy (non-hydrogen) atoms. The zero-order valence-electron chi connectivity index (χ0n) is 9.37. The van der Waals surface area contributed by atoms with E-state index in [0.29, 0.717) is 12.4 Å². The van der Waals surface area contributed by atoms with Gasteiger partial charge in [0, 0.05) is 24.7 Å². The van der Waals surface area contributed by atoms with E-state index in [-0.39, 0.29) is 17.7 Å². The minimum atomic E-state index is -0.447. The summed E-state index contributed by atoms with van der Waals surface area (Å²) in [6.45, 7) is 0.606. The fraction of sp³-hybridized carbons (Fsp3) is 0.545. The van der Waals surface area contributed by atoms with E-state index in [0.717, 1.165) is 19.3 Å². The third kappa shape index (κ3) is 2.91. The van der Waals surface area contributed by atoms with Gasteiger partial charge in [0.2, 0.25) is 0 Å². The second-order valence-corrected chi connectivity index (χ2v) is 4.30. The van der Waals surface area contributed by atoms with Crippen LogP contribution in [0, 0.1) is 16.0 Å². The van der Waals surface area contributed by atoms with Crippen LogP contribution in [0.3, 0.4) is 0 Å². The van der Waals surface area contributed by atoms with Gasteiger partial charge >= 0.3 is 0 Å². The summed E-state index contributed by atoms with van der Waals surface area (Å²) < 4.78 is 0. The number of anilines is 1. The highest BCUT2D eigenvalue weighted by molar-refractivity contribution is 5.44. The van der Waals surface area contributed by atoms with Crippen LogP contribution in [-0.4, -0.2) is 27.7 Å². The SMILES string of the molecule is O=[N+]([O-])c1ccnc(NCC2CCCC2O)c1. The maximum atomic E-state index is 10.6. The highest BCUT2D eigenvalue weighted by Gasteiger charge is 2.24. The fourth-order valence-electron chi connectivity index (χ4n) is 2.12. The Hall–Kier alpha value is -1.69. The molecule has 0 spiro atoms. The van der Waals surface area contributed by atoms with Crippen LogP contribution in [0.1, 0.15) is 19.3 Å². The Labute approximate surface area is 98.8 Å². The Morgan fingerprint density at radius 2 is 2.41 bits per heavy atom. The first-order valence-electron chi connectivity index (χ1n) is 5.69. The second-order valence-electron chi connectivity index (χ2n) is 4.30. The van der Waals surface area contributed by atoms with Crippen molar-refractivity contribution in [3.8, 4) is 0 Å². The van der Waals surface area contributed by atoms with E-state index in [4.69, 9.17) is 0 Å². The van der Waals surface area contributed by atoms with Crippen molar-refractivity contribution in [2.75, 3.05) is 11.9 Å². The molecule has 0 saturated heterocycles. The van der Waals surface area contributed by atoms with Crippen LogP contribution in [-0.2, 0) is 0 Å². The van der Waals surface area contributed by atoms with Crippen molar-refractivity contribution in [3.05, 3.63) is 28.4 Å². The molecule has 0 aromatic carbocycles. The van der Waals surface area contributed by atoms with Crippen molar-refractivity contribution in [2.24, 2.45) is 5.92 Å². The number of pyridine rings is 1. The lowest BCUT2D eigenvalue weighted by atomic mass is 10.1. The molecule has 92 valence electrons. The molecule has 1 aromatic rings. The summed E-state index contributed by atoms with van der Waals surface area (Å²) in [6, 6.07) is 2.76. The number of aliphatic hydroxyl groups excluding tert-OH is 1. The number of rotatable bonds is 4. The van der Waals surface area contributed by atoms with E-state index in [1.54, 1.807) is 0 Å². The predicted molar refractivity (Wildman–Crippen MR) is 62.7 cm³/mol. The van der Waals surface area contributed by atoms with Gasteiger partial charge in [-0.25, -0.2) is 4.98 Å². The van der Waals surface area contributed by atoms with Gasteiger partial charge < -0.3 is 10.4 Å². The number of aromatic nitrogens is 1. The molecule has 1 fully saturated rings. The predicted octanol–water partition coefficient (Wildman–Crippen LogP) is 1.56. The maximum absolute atomic E-state index is 10.6.